The van der Waals surface area contributed by atoms with Crippen LogP contribution in [0.15, 0.2) is 0 Å². The molecule has 0 saturated carbocycles. The van der Waals surface area contributed by atoms with Gasteiger partial charge in [-0.25, -0.2) is 0 Å². The maximum Gasteiger partial charge on any atom is 0.223 e. The van der Waals surface area contributed by atoms with Crippen molar-refractivity contribution in [1.29, 1.82) is 0 Å². The average molecular weight is 294 g/mol. The molecule has 1 rings (SSSR count). The third kappa shape index (κ3) is 6.07. The van der Waals surface area contributed by atoms with E-state index in [9.17, 15) is 9.90 Å². The Morgan fingerprint density at radius 2 is 1.90 bits per heavy atom. The highest BCUT2D eigenvalue weighted by atomic mass is 16.3. The van der Waals surface area contributed by atoms with Crippen molar-refractivity contribution in [3.63, 3.8) is 0 Å². The van der Waals surface area contributed by atoms with Gasteiger partial charge in [-0.15, -0.1) is 6.42 Å². The van der Waals surface area contributed by atoms with Crippen LogP contribution in [0.25, 0.3) is 0 Å². The Morgan fingerprint density at radius 3 is 2.38 bits per heavy atom. The molecule has 0 aromatic carbocycles. The van der Waals surface area contributed by atoms with Crippen molar-refractivity contribution in [3.05, 3.63) is 0 Å². The maximum atomic E-state index is 12.2. The molecule has 1 aliphatic heterocycles. The number of rotatable bonds is 8. The van der Waals surface area contributed by atoms with Crippen LogP contribution in [0.4, 0.5) is 0 Å². The van der Waals surface area contributed by atoms with E-state index in [1.165, 1.54) is 0 Å². The molecule has 1 saturated heterocycles. The Labute approximate surface area is 129 Å². The van der Waals surface area contributed by atoms with Gasteiger partial charge in [-0.2, -0.15) is 0 Å². The predicted molar refractivity (Wildman–Crippen MR) is 85.8 cm³/mol. The first-order valence-corrected chi connectivity index (χ1v) is 8.20. The van der Waals surface area contributed by atoms with Gasteiger partial charge in [-0.3, -0.25) is 9.69 Å². The quantitative estimate of drug-likeness (QED) is 0.671. The van der Waals surface area contributed by atoms with E-state index in [4.69, 9.17) is 6.42 Å². The van der Waals surface area contributed by atoms with E-state index in [1.54, 1.807) is 0 Å². The molecule has 0 unspecified atom stereocenters. The molecule has 4 heteroatoms. The molecule has 0 aromatic rings. The van der Waals surface area contributed by atoms with Crippen molar-refractivity contribution in [2.45, 2.75) is 58.0 Å². The van der Waals surface area contributed by atoms with Crippen molar-refractivity contribution in [2.75, 3.05) is 26.2 Å². The smallest absolute Gasteiger partial charge is 0.223 e. The Hall–Kier alpha value is -1.05. The average Bonchev–Trinajstić information content (AvgIpc) is 2.46. The molecule has 0 aromatic heterocycles. The highest BCUT2D eigenvalue weighted by Gasteiger charge is 2.29. The number of nitrogens with one attached hydrogen (secondary N) is 1. The molecule has 0 atom stereocenters. The van der Waals surface area contributed by atoms with Crippen molar-refractivity contribution < 1.29 is 9.90 Å². The van der Waals surface area contributed by atoms with Gasteiger partial charge in [0.1, 0.15) is 0 Å². The van der Waals surface area contributed by atoms with Gasteiger partial charge >= 0.3 is 0 Å². The summed E-state index contributed by atoms with van der Waals surface area (Å²) in [5.74, 6) is 2.79. The summed E-state index contributed by atoms with van der Waals surface area (Å²) in [5, 5.41) is 13.5. The third-order valence-corrected chi connectivity index (χ3v) is 4.30. The zero-order valence-electron chi connectivity index (χ0n) is 13.5. The van der Waals surface area contributed by atoms with Crippen LogP contribution in [-0.4, -0.2) is 47.7 Å². The van der Waals surface area contributed by atoms with Crippen molar-refractivity contribution in [1.82, 2.24) is 10.2 Å². The number of terminal acetylenes is 1. The summed E-state index contributed by atoms with van der Waals surface area (Å²) < 4.78 is 0. The van der Waals surface area contributed by atoms with Crippen LogP contribution in [0.3, 0.4) is 0 Å². The molecule has 21 heavy (non-hydrogen) atoms. The Morgan fingerprint density at radius 1 is 1.33 bits per heavy atom. The Bertz CT molecular complexity index is 348. The first-order valence-electron chi connectivity index (χ1n) is 8.20. The second-order valence-corrected chi connectivity index (χ2v) is 6.20. The lowest BCUT2D eigenvalue weighted by Crippen LogP contribution is -2.46. The van der Waals surface area contributed by atoms with Crippen LogP contribution in [0.5, 0.6) is 0 Å². The molecule has 1 heterocycles. The molecule has 1 aliphatic rings. The molecule has 1 fully saturated rings. The summed E-state index contributed by atoms with van der Waals surface area (Å²) in [6.45, 7) is 6.93. The van der Waals surface area contributed by atoms with E-state index >= 15 is 0 Å². The second kappa shape index (κ2) is 9.07. The van der Waals surface area contributed by atoms with E-state index in [0.29, 0.717) is 13.1 Å². The molecule has 2 N–H and O–H groups in total. The molecule has 120 valence electrons. The summed E-state index contributed by atoms with van der Waals surface area (Å²) in [5.41, 5.74) is -0.747. The van der Waals surface area contributed by atoms with E-state index in [1.807, 2.05) is 0 Å². The number of likely N-dealkylation sites (tertiary alicyclic amines) is 1. The molecule has 0 spiro atoms. The number of amides is 1. The summed E-state index contributed by atoms with van der Waals surface area (Å²) in [7, 11) is 0. The fourth-order valence-corrected chi connectivity index (χ4v) is 3.11. The minimum Gasteiger partial charge on any atom is -0.388 e. The molecular weight excluding hydrogens is 264 g/mol. The lowest BCUT2D eigenvalue weighted by atomic mass is 9.91. The van der Waals surface area contributed by atoms with E-state index in [0.717, 1.165) is 51.6 Å². The molecule has 1 amide bonds. The van der Waals surface area contributed by atoms with Crippen LogP contribution >= 0.6 is 0 Å². The van der Waals surface area contributed by atoms with E-state index < -0.39 is 5.60 Å². The van der Waals surface area contributed by atoms with Crippen molar-refractivity contribution >= 4 is 5.91 Å². The van der Waals surface area contributed by atoms with Gasteiger partial charge in [-0.05, 0) is 38.8 Å². The predicted octanol–water partition coefficient (Wildman–Crippen LogP) is 1.78. The second-order valence-electron chi connectivity index (χ2n) is 6.20. The van der Waals surface area contributed by atoms with Gasteiger partial charge in [0.2, 0.25) is 5.91 Å². The number of carbonyl (C=O) groups is 1. The van der Waals surface area contributed by atoms with Gasteiger partial charge in [0.25, 0.3) is 0 Å². The number of carbonyl (C=O) groups excluding carboxylic acids is 1. The van der Waals surface area contributed by atoms with Gasteiger partial charge in [0.05, 0.1) is 12.1 Å². The lowest BCUT2D eigenvalue weighted by Gasteiger charge is -2.32. The molecule has 0 radical (unpaired) electrons. The largest absolute Gasteiger partial charge is 0.388 e. The minimum absolute atomic E-state index is 0.0616. The van der Waals surface area contributed by atoms with Crippen molar-refractivity contribution in [2.24, 2.45) is 5.92 Å². The first-order chi connectivity index (χ1) is 10.0. The summed E-state index contributed by atoms with van der Waals surface area (Å²) >= 11 is 0. The minimum atomic E-state index is -0.747. The van der Waals surface area contributed by atoms with Crippen LogP contribution in [-0.2, 0) is 4.79 Å². The number of hydrogen-bond acceptors (Lipinski definition) is 3. The maximum absolute atomic E-state index is 12.2. The highest BCUT2D eigenvalue weighted by molar-refractivity contribution is 5.78. The summed E-state index contributed by atoms with van der Waals surface area (Å²) in [4.78, 5) is 14.4. The van der Waals surface area contributed by atoms with Gasteiger partial charge in [-0.1, -0.05) is 32.6 Å². The van der Waals surface area contributed by atoms with Gasteiger partial charge < -0.3 is 10.4 Å². The summed E-state index contributed by atoms with van der Waals surface area (Å²) in [6.07, 6.45) is 10.3. The fourth-order valence-electron chi connectivity index (χ4n) is 3.11. The first kappa shape index (κ1) is 18.0. The zero-order valence-corrected chi connectivity index (χ0v) is 13.5. The highest BCUT2D eigenvalue weighted by Crippen LogP contribution is 2.20. The topological polar surface area (TPSA) is 52.6 Å². The molecule has 4 nitrogen and oxygen atoms in total. The van der Waals surface area contributed by atoms with Crippen LogP contribution < -0.4 is 5.32 Å². The number of hydrogen-bond donors (Lipinski definition) is 2. The lowest BCUT2D eigenvalue weighted by molar-refractivity contribution is -0.127. The Kier molecular flexibility index (Phi) is 7.77. The third-order valence-electron chi connectivity index (χ3n) is 4.30. The Balaban J connectivity index is 2.38. The van der Waals surface area contributed by atoms with Crippen LogP contribution in [0.2, 0.25) is 0 Å². The van der Waals surface area contributed by atoms with E-state index in [2.05, 4.69) is 30.0 Å². The normalized spacial score (nSPS) is 17.4. The molecule has 0 bridgehead atoms. The SMILES string of the molecule is C#CCN1CCC(C(=O)NCC(O)(CCC)CCC)CC1. The molecular formula is C17H30N2O2. The zero-order chi connectivity index (χ0) is 15.7. The number of nitrogens with zero attached hydrogens (tertiary/aromatic N) is 1. The van der Waals surface area contributed by atoms with Gasteiger partial charge in [0.15, 0.2) is 0 Å². The van der Waals surface area contributed by atoms with E-state index in [-0.39, 0.29) is 11.8 Å². The van der Waals surface area contributed by atoms with Gasteiger partial charge in [0, 0.05) is 12.5 Å². The number of aliphatic hydroxyl groups is 1. The monoisotopic (exact) mass is 294 g/mol. The standard InChI is InChI=1S/C17H30N2O2/c1-4-9-17(21,10-5-2)14-18-16(20)15-7-12-19(11-6-3)13-8-15/h3,15,21H,4-5,7-14H2,1-2H3,(H,18,20). The number of piperidine rings is 1. The molecule has 0 aliphatic carbocycles. The summed E-state index contributed by atoms with van der Waals surface area (Å²) in [6, 6.07) is 0. The van der Waals surface area contributed by atoms with Crippen molar-refractivity contribution in [3.8, 4) is 12.3 Å². The van der Waals surface area contributed by atoms with Crippen LogP contribution in [0, 0.1) is 18.3 Å². The fraction of sp³-hybridized carbons (Fsp3) is 0.824. The van der Waals surface area contributed by atoms with Crippen LogP contribution in [0.1, 0.15) is 52.4 Å².